The molecule has 0 saturated heterocycles. The zero-order valence-electron chi connectivity index (χ0n) is 16.4. The Morgan fingerprint density at radius 2 is 1.73 bits per heavy atom. The van der Waals surface area contributed by atoms with Crippen LogP contribution >= 0.6 is 0 Å². The average Bonchev–Trinajstić information content (AvgIpc) is 2.68. The Labute approximate surface area is 157 Å². The van der Waals surface area contributed by atoms with E-state index in [-0.39, 0.29) is 24.4 Å². The molecule has 1 aromatic rings. The van der Waals surface area contributed by atoms with Crippen molar-refractivity contribution in [3.63, 3.8) is 0 Å². The molecule has 146 valence electrons. The standard InChI is InChI=1S/C20H32N2O4/c1-5-21(6-2)13-10-14-22(15-17(3)20(24)25-4)19(23)16-26-18-11-8-7-9-12-18/h7-9,11-12,17H,5-6,10,13-16H2,1-4H3. The van der Waals surface area contributed by atoms with E-state index >= 15 is 0 Å². The van der Waals surface area contributed by atoms with E-state index in [1.165, 1.54) is 7.11 Å². The number of rotatable bonds is 12. The van der Waals surface area contributed by atoms with Crippen LogP contribution in [-0.4, -0.2) is 68.1 Å². The first-order valence-corrected chi connectivity index (χ1v) is 9.27. The number of nitrogens with zero attached hydrogens (tertiary/aromatic N) is 2. The summed E-state index contributed by atoms with van der Waals surface area (Å²) in [6.07, 6.45) is 0.854. The second-order valence-corrected chi connectivity index (χ2v) is 6.25. The molecule has 1 unspecified atom stereocenters. The Hall–Kier alpha value is -2.08. The van der Waals surface area contributed by atoms with Gasteiger partial charge in [-0.15, -0.1) is 0 Å². The van der Waals surface area contributed by atoms with Gasteiger partial charge < -0.3 is 19.3 Å². The number of amides is 1. The topological polar surface area (TPSA) is 59.1 Å². The molecule has 0 aliphatic rings. The van der Waals surface area contributed by atoms with Crippen molar-refractivity contribution in [1.82, 2.24) is 9.80 Å². The van der Waals surface area contributed by atoms with E-state index < -0.39 is 0 Å². The number of carbonyl (C=O) groups excluding carboxylic acids is 2. The lowest BCUT2D eigenvalue weighted by Crippen LogP contribution is -2.41. The molecule has 0 aliphatic heterocycles. The number of methoxy groups -OCH3 is 1. The predicted octanol–water partition coefficient (Wildman–Crippen LogP) is 2.43. The molecule has 1 aromatic carbocycles. The van der Waals surface area contributed by atoms with Crippen molar-refractivity contribution in [2.45, 2.75) is 27.2 Å². The molecule has 6 nitrogen and oxygen atoms in total. The van der Waals surface area contributed by atoms with Gasteiger partial charge in [0.15, 0.2) is 6.61 Å². The number of carbonyl (C=O) groups is 2. The highest BCUT2D eigenvalue weighted by molar-refractivity contribution is 5.79. The minimum absolute atomic E-state index is 0.0385. The van der Waals surface area contributed by atoms with Crippen LogP contribution in [0.5, 0.6) is 5.75 Å². The molecule has 0 spiro atoms. The molecule has 0 fully saturated rings. The fraction of sp³-hybridized carbons (Fsp3) is 0.600. The van der Waals surface area contributed by atoms with E-state index in [0.29, 0.717) is 18.8 Å². The van der Waals surface area contributed by atoms with Crippen molar-refractivity contribution in [2.75, 3.05) is 46.4 Å². The van der Waals surface area contributed by atoms with Crippen LogP contribution in [-0.2, 0) is 14.3 Å². The van der Waals surface area contributed by atoms with E-state index in [9.17, 15) is 9.59 Å². The van der Waals surface area contributed by atoms with Gasteiger partial charge in [0.25, 0.3) is 5.91 Å². The summed E-state index contributed by atoms with van der Waals surface area (Å²) in [7, 11) is 1.36. The number of hydrogen-bond donors (Lipinski definition) is 0. The van der Waals surface area contributed by atoms with E-state index in [1.807, 2.05) is 30.3 Å². The van der Waals surface area contributed by atoms with Gasteiger partial charge in [0.2, 0.25) is 0 Å². The summed E-state index contributed by atoms with van der Waals surface area (Å²) >= 11 is 0. The third-order valence-electron chi connectivity index (χ3n) is 4.35. The second kappa shape index (κ2) is 12.3. The van der Waals surface area contributed by atoms with E-state index in [1.54, 1.807) is 11.8 Å². The van der Waals surface area contributed by atoms with Crippen molar-refractivity contribution in [1.29, 1.82) is 0 Å². The van der Waals surface area contributed by atoms with Gasteiger partial charge in [-0.1, -0.05) is 39.0 Å². The average molecular weight is 364 g/mol. The van der Waals surface area contributed by atoms with Crippen LogP contribution in [0.3, 0.4) is 0 Å². The molecule has 0 N–H and O–H groups in total. The van der Waals surface area contributed by atoms with Gasteiger partial charge >= 0.3 is 5.97 Å². The first-order valence-electron chi connectivity index (χ1n) is 9.27. The molecule has 1 atom stereocenters. The summed E-state index contributed by atoms with van der Waals surface area (Å²) in [4.78, 5) is 28.4. The number of hydrogen-bond acceptors (Lipinski definition) is 5. The zero-order chi connectivity index (χ0) is 19.4. The van der Waals surface area contributed by atoms with Crippen molar-refractivity contribution in [3.05, 3.63) is 30.3 Å². The molecule has 1 rings (SSSR count). The molecular formula is C20H32N2O4. The van der Waals surface area contributed by atoms with Crippen LogP contribution in [0.1, 0.15) is 27.2 Å². The number of para-hydroxylation sites is 1. The molecule has 0 aliphatic carbocycles. The fourth-order valence-electron chi connectivity index (χ4n) is 2.70. The van der Waals surface area contributed by atoms with Crippen molar-refractivity contribution in [3.8, 4) is 5.75 Å². The molecule has 0 heterocycles. The minimum Gasteiger partial charge on any atom is -0.484 e. The number of benzene rings is 1. The van der Waals surface area contributed by atoms with Crippen LogP contribution in [0.25, 0.3) is 0 Å². The summed E-state index contributed by atoms with van der Waals surface area (Å²) < 4.78 is 10.4. The van der Waals surface area contributed by atoms with Gasteiger partial charge in [0, 0.05) is 13.1 Å². The SMILES string of the molecule is CCN(CC)CCCN(CC(C)C(=O)OC)C(=O)COc1ccccc1. The lowest BCUT2D eigenvalue weighted by Gasteiger charge is -2.26. The van der Waals surface area contributed by atoms with Crippen molar-refractivity contribution in [2.24, 2.45) is 5.92 Å². The highest BCUT2D eigenvalue weighted by Gasteiger charge is 2.22. The quantitative estimate of drug-likeness (QED) is 0.533. The highest BCUT2D eigenvalue weighted by atomic mass is 16.5. The summed E-state index contributed by atoms with van der Waals surface area (Å²) in [6, 6.07) is 9.25. The monoisotopic (exact) mass is 364 g/mol. The van der Waals surface area contributed by atoms with Gasteiger partial charge in [-0.25, -0.2) is 0 Å². The maximum Gasteiger partial charge on any atom is 0.310 e. The highest BCUT2D eigenvalue weighted by Crippen LogP contribution is 2.10. The van der Waals surface area contributed by atoms with Crippen LogP contribution in [0.15, 0.2) is 30.3 Å². The lowest BCUT2D eigenvalue weighted by molar-refractivity contribution is -0.146. The first-order chi connectivity index (χ1) is 12.5. The summed E-state index contributed by atoms with van der Waals surface area (Å²) in [5, 5.41) is 0. The minimum atomic E-state index is -0.367. The maximum absolute atomic E-state index is 12.6. The molecule has 0 bridgehead atoms. The maximum atomic E-state index is 12.6. The third-order valence-corrected chi connectivity index (χ3v) is 4.35. The van der Waals surface area contributed by atoms with Crippen LogP contribution in [0, 0.1) is 5.92 Å². The largest absolute Gasteiger partial charge is 0.484 e. The molecule has 0 aromatic heterocycles. The van der Waals surface area contributed by atoms with Crippen LogP contribution in [0.4, 0.5) is 0 Å². The van der Waals surface area contributed by atoms with Crippen LogP contribution < -0.4 is 4.74 Å². The first kappa shape index (κ1) is 22.0. The van der Waals surface area contributed by atoms with Gasteiger partial charge in [-0.2, -0.15) is 0 Å². The molecule has 6 heteroatoms. The third kappa shape index (κ3) is 7.87. The second-order valence-electron chi connectivity index (χ2n) is 6.25. The smallest absolute Gasteiger partial charge is 0.310 e. The fourth-order valence-corrected chi connectivity index (χ4v) is 2.70. The summed E-state index contributed by atoms with van der Waals surface area (Å²) in [5.41, 5.74) is 0. The normalized spacial score (nSPS) is 11.9. The van der Waals surface area contributed by atoms with Gasteiger partial charge in [0.1, 0.15) is 5.75 Å². The molecule has 0 saturated carbocycles. The van der Waals surface area contributed by atoms with Crippen molar-refractivity contribution >= 4 is 11.9 Å². The van der Waals surface area contributed by atoms with E-state index in [0.717, 1.165) is 26.1 Å². The predicted molar refractivity (Wildman–Crippen MR) is 102 cm³/mol. The number of ether oxygens (including phenoxy) is 2. The Morgan fingerprint density at radius 3 is 2.31 bits per heavy atom. The van der Waals surface area contributed by atoms with E-state index in [2.05, 4.69) is 18.7 Å². The van der Waals surface area contributed by atoms with Crippen molar-refractivity contribution < 1.29 is 19.1 Å². The van der Waals surface area contributed by atoms with Gasteiger partial charge in [-0.05, 0) is 38.2 Å². The Balaban J connectivity index is 2.62. The van der Waals surface area contributed by atoms with Gasteiger partial charge in [0.05, 0.1) is 13.0 Å². The molecule has 26 heavy (non-hydrogen) atoms. The Morgan fingerprint density at radius 1 is 1.08 bits per heavy atom. The van der Waals surface area contributed by atoms with Gasteiger partial charge in [-0.3, -0.25) is 9.59 Å². The summed E-state index contributed by atoms with van der Waals surface area (Å²) in [6.45, 7) is 9.80. The lowest BCUT2D eigenvalue weighted by atomic mass is 10.1. The Kier molecular flexibility index (Phi) is 10.4. The molecule has 0 radical (unpaired) electrons. The molecular weight excluding hydrogens is 332 g/mol. The zero-order valence-corrected chi connectivity index (χ0v) is 16.4. The number of esters is 1. The van der Waals surface area contributed by atoms with E-state index in [4.69, 9.17) is 9.47 Å². The summed E-state index contributed by atoms with van der Waals surface area (Å²) in [5.74, 6) is -0.140. The Bertz CT molecular complexity index is 532. The molecule has 1 amide bonds. The van der Waals surface area contributed by atoms with Crippen LogP contribution in [0.2, 0.25) is 0 Å².